The smallest absolute Gasteiger partial charge is 0.435 e. The largest absolute Gasteiger partial charge is 0.513 e. The molecule has 9 nitrogen and oxygen atoms in total. The number of morpholine rings is 1. The zero-order valence-corrected chi connectivity index (χ0v) is 20.2. The van der Waals surface area contributed by atoms with Crippen LogP contribution >= 0.6 is 0 Å². The molecule has 9 heteroatoms. The van der Waals surface area contributed by atoms with Crippen LogP contribution in [-0.2, 0) is 9.47 Å². The molecule has 3 amide bonds. The van der Waals surface area contributed by atoms with Gasteiger partial charge in [-0.1, -0.05) is 0 Å². The van der Waals surface area contributed by atoms with Gasteiger partial charge < -0.3 is 24.8 Å². The summed E-state index contributed by atoms with van der Waals surface area (Å²) in [5.74, 6) is -4.60. The maximum Gasteiger partial charge on any atom is 0.513 e. The van der Waals surface area contributed by atoms with E-state index in [2.05, 4.69) is 4.74 Å². The molecule has 3 aliphatic heterocycles. The number of nitrogens with zero attached hydrogens (tertiary/aromatic N) is 3. The second-order valence-corrected chi connectivity index (χ2v) is 8.97. The van der Waals surface area contributed by atoms with Crippen molar-refractivity contribution in [3.05, 3.63) is 24.3 Å². The van der Waals surface area contributed by atoms with E-state index >= 15 is 0 Å². The third-order valence-corrected chi connectivity index (χ3v) is 5.65. The lowest BCUT2D eigenvalue weighted by molar-refractivity contribution is -0.908. The Labute approximate surface area is 241 Å². The molecule has 0 radical (unpaired) electrons. The van der Waals surface area contributed by atoms with Crippen LogP contribution in [0, 0.1) is 5.89 Å². The van der Waals surface area contributed by atoms with E-state index < -0.39 is 103 Å². The molecule has 3 saturated heterocycles. The van der Waals surface area contributed by atoms with Gasteiger partial charge >= 0.3 is 12.1 Å². The Morgan fingerprint density at radius 1 is 1.17 bits per heavy atom. The number of nitrogens with one attached hydrogen (secondary N) is 1. The Hall–Kier alpha value is -2.36. The van der Waals surface area contributed by atoms with Crippen LogP contribution in [0.3, 0.4) is 0 Å². The third kappa shape index (κ3) is 5.95. The van der Waals surface area contributed by atoms with Crippen LogP contribution in [0.5, 0.6) is 0 Å². The first-order valence-electron chi connectivity index (χ1n) is 20.7. The van der Waals surface area contributed by atoms with Gasteiger partial charge in [-0.05, 0) is 63.7 Å². The first-order valence-corrected chi connectivity index (χ1v) is 11.2. The molecular formula is C27H43N4O5+. The van der Waals surface area contributed by atoms with Crippen LogP contribution in [0.15, 0.2) is 24.3 Å². The van der Waals surface area contributed by atoms with E-state index in [0.717, 1.165) is 32.9 Å². The van der Waals surface area contributed by atoms with Crippen molar-refractivity contribution in [2.24, 2.45) is 5.89 Å². The van der Waals surface area contributed by atoms with Crippen molar-refractivity contribution in [1.29, 1.82) is 0 Å². The van der Waals surface area contributed by atoms with Crippen LogP contribution in [0.2, 0.25) is 1.41 Å². The zero-order valence-electron chi connectivity index (χ0n) is 39.2. The fraction of sp³-hybridized carbons (Fsp3) is 0.704. The maximum atomic E-state index is 14.7. The number of carbonyl (C=O) groups is 2. The molecule has 3 heterocycles. The lowest BCUT2D eigenvalue weighted by Gasteiger charge is -2.47. The van der Waals surface area contributed by atoms with E-state index in [1.165, 1.54) is 12.1 Å². The van der Waals surface area contributed by atoms with Crippen LogP contribution in [0.1, 0.15) is 70.9 Å². The normalized spacial score (nSPS) is 49.4. The zero-order chi connectivity index (χ0) is 42.8. The predicted octanol–water partition coefficient (Wildman–Crippen LogP) is 3.92. The molecule has 3 aliphatic rings. The number of carbonyl (C=O) groups excluding carboxylic acids is 1. The molecule has 36 heavy (non-hydrogen) atoms. The first-order chi connectivity index (χ1) is 24.4. The summed E-state index contributed by atoms with van der Waals surface area (Å²) in [5, 5.41) is 9.68. The molecule has 1 unspecified atom stereocenters. The molecule has 1 aromatic carbocycles. The predicted molar refractivity (Wildman–Crippen MR) is 140 cm³/mol. The average molecular weight is 523 g/mol. The summed E-state index contributed by atoms with van der Waals surface area (Å²) in [6, 6.07) is -1.90. The van der Waals surface area contributed by atoms with Crippen LogP contribution < -0.4 is 15.1 Å². The van der Waals surface area contributed by atoms with E-state index in [1.54, 1.807) is 4.90 Å². The van der Waals surface area contributed by atoms with Gasteiger partial charge in [-0.25, -0.2) is 9.28 Å². The first kappa shape index (κ1) is 11.6. The quantitative estimate of drug-likeness (QED) is 0.570. The van der Waals surface area contributed by atoms with E-state index in [-0.39, 0.29) is 4.90 Å². The maximum absolute atomic E-state index is 14.7. The Balaban J connectivity index is 2.10. The van der Waals surface area contributed by atoms with Gasteiger partial charge in [0.15, 0.2) is 1.41 Å². The number of likely N-dealkylation sites (tertiary alicyclic amines) is 1. The number of hydrogen-bond acceptors (Lipinski definition) is 5. The van der Waals surface area contributed by atoms with Crippen molar-refractivity contribution >= 4 is 23.5 Å². The molecule has 2 N–H and O–H groups in total. The number of hydrogen-bond donors (Lipinski definition) is 2. The minimum Gasteiger partial charge on any atom is -0.435 e. The minimum absolute atomic E-state index is 0.302. The molecular weight excluding hydrogens is 460 g/mol. The molecule has 3 fully saturated rings. The summed E-state index contributed by atoms with van der Waals surface area (Å²) in [6.07, 6.45) is -18.8. The van der Waals surface area contributed by atoms with Crippen molar-refractivity contribution in [1.82, 2.24) is 5.31 Å². The van der Waals surface area contributed by atoms with Gasteiger partial charge in [-0.3, -0.25) is 4.90 Å². The Kier molecular flexibility index (Phi) is 3.65. The van der Waals surface area contributed by atoms with E-state index in [4.69, 9.17) is 26.7 Å². The number of piperidine rings is 1. The number of urea groups is 1. The van der Waals surface area contributed by atoms with E-state index in [9.17, 15) is 18.8 Å². The highest BCUT2D eigenvalue weighted by Gasteiger charge is 2.50. The Bertz CT molecular complexity index is 1660. The van der Waals surface area contributed by atoms with Crippen LogP contribution in [0.25, 0.3) is 0 Å². The molecule has 200 valence electrons. The topological polar surface area (TPSA) is 91.3 Å². The summed E-state index contributed by atoms with van der Waals surface area (Å²) in [6.45, 7) is -13.8. The standard InChI is InChI=1S/C27H42N4O5/c1-27(2,3)31(26(33)34)14-8-21(9-15-31)20-30(25(32)28-22-10-16-35-17-11-22)24-6-4-23(5-7-24)29-12-18-36-19-13-29/h4-7,21-22H,8-20H2,1-3H3,(H-,28,32,33,34)/p+1/i8D2,9D2,10D2,11D2,14D2,15D2,16D2,20D2,21D,22D/hD. The highest BCUT2D eigenvalue weighted by atomic mass is 16.5. The molecule has 1 atom stereocenters. The van der Waals surface area contributed by atoms with Gasteiger partial charge in [0.2, 0.25) is 0 Å². The summed E-state index contributed by atoms with van der Waals surface area (Å²) >= 11 is 0. The lowest BCUT2D eigenvalue weighted by atomic mass is 9.89. The number of benzene rings is 1. The molecule has 0 aromatic heterocycles. The van der Waals surface area contributed by atoms with E-state index in [0.29, 0.717) is 32.0 Å². The van der Waals surface area contributed by atoms with E-state index in [1.807, 2.05) is 0 Å². The molecule has 1 aromatic rings. The molecule has 4 rings (SSSR count). The van der Waals surface area contributed by atoms with Crippen LogP contribution in [0.4, 0.5) is 21.0 Å². The Morgan fingerprint density at radius 2 is 1.83 bits per heavy atom. The second kappa shape index (κ2) is 11.4. The summed E-state index contributed by atoms with van der Waals surface area (Å²) in [5.41, 5.74) is -2.66. The number of quaternary nitrogens is 1. The van der Waals surface area contributed by atoms with Gasteiger partial charge in [0.25, 0.3) is 0 Å². The lowest BCUT2D eigenvalue weighted by Crippen LogP contribution is -2.66. The van der Waals surface area contributed by atoms with Gasteiger partial charge in [0, 0.05) is 75.2 Å². The van der Waals surface area contributed by atoms with Crippen LogP contribution in [-0.4, -0.2) is 92.2 Å². The average Bonchev–Trinajstić information content (AvgIpc) is 3.04. The number of amides is 3. The molecule has 0 spiro atoms. The molecule has 0 bridgehead atoms. The van der Waals surface area contributed by atoms with Gasteiger partial charge in [-0.2, -0.15) is 4.79 Å². The van der Waals surface area contributed by atoms with Crippen molar-refractivity contribution in [2.45, 2.75) is 57.8 Å². The monoisotopic (exact) mass is 522 g/mol. The highest BCUT2D eigenvalue weighted by molar-refractivity contribution is 5.92. The number of ether oxygens (including phenoxy) is 2. The second-order valence-electron chi connectivity index (χ2n) is 8.97. The number of carboxylic acid groups (broad SMARTS) is 1. The third-order valence-electron chi connectivity index (χ3n) is 5.65. The van der Waals surface area contributed by atoms with Gasteiger partial charge in [-0.15, -0.1) is 0 Å². The SMILES string of the molecule is [2H]N(C(=O)N(c1ccc(N2CCOCC2)cc1)C([2H])([2H])C1([2H])C([2H])([2H])C([2H])([2H])[N+](C(=O)O)(C(C)(C)C)C([2H])([2H])C1([2H])[2H])C1([2H])C([2H])([2H])COC([2H])([2H])C1([2H])[2H]. The highest BCUT2D eigenvalue weighted by Crippen LogP contribution is 2.34. The van der Waals surface area contributed by atoms with Crippen molar-refractivity contribution < 1.29 is 54.7 Å². The van der Waals surface area contributed by atoms with Crippen molar-refractivity contribution in [2.75, 3.05) is 68.8 Å². The summed E-state index contributed by atoms with van der Waals surface area (Å²) in [4.78, 5) is 29.1. The molecule has 0 aliphatic carbocycles. The van der Waals surface area contributed by atoms with Crippen molar-refractivity contribution in [3.63, 3.8) is 0 Å². The minimum atomic E-state index is -4.60. The van der Waals surface area contributed by atoms with Gasteiger partial charge in [0.05, 0.1) is 38.5 Å². The fourth-order valence-corrected chi connectivity index (χ4v) is 3.56. The Morgan fingerprint density at radius 3 is 2.44 bits per heavy atom. The van der Waals surface area contributed by atoms with Crippen molar-refractivity contribution in [3.8, 4) is 0 Å². The van der Waals surface area contributed by atoms with Gasteiger partial charge in [0.1, 0.15) is 5.54 Å². The summed E-state index contributed by atoms with van der Waals surface area (Å²) < 4.78 is 174. The summed E-state index contributed by atoms with van der Waals surface area (Å²) in [7, 11) is 0. The fourth-order valence-electron chi connectivity index (χ4n) is 3.56. The number of anilines is 2. The number of rotatable bonds is 5. The molecule has 0 saturated carbocycles.